The molecular weight excluding hydrogens is 412 g/mol. The van der Waals surface area contributed by atoms with E-state index in [1.54, 1.807) is 0 Å². The van der Waals surface area contributed by atoms with Crippen LogP contribution in [0.25, 0.3) is 0 Å². The first-order chi connectivity index (χ1) is 15.1. The van der Waals surface area contributed by atoms with Gasteiger partial charge in [-0.25, -0.2) is 4.90 Å². The predicted octanol–water partition coefficient (Wildman–Crippen LogP) is 3.75. The Kier molecular flexibility index (Phi) is 4.94. The van der Waals surface area contributed by atoms with Crippen molar-refractivity contribution in [2.45, 2.75) is 95.3 Å². The number of rotatable bonds is 3. The molecule has 0 spiro atoms. The van der Waals surface area contributed by atoms with Crippen molar-refractivity contribution in [1.82, 2.24) is 5.32 Å². The molecule has 3 aliphatic heterocycles. The largest absolute Gasteiger partial charge is 0.373 e. The van der Waals surface area contributed by atoms with Crippen LogP contribution in [0, 0.1) is 11.8 Å². The number of carbonyl (C=O) groups excluding carboxylic acids is 3. The van der Waals surface area contributed by atoms with Crippen molar-refractivity contribution in [2.24, 2.45) is 11.8 Å². The van der Waals surface area contributed by atoms with Crippen molar-refractivity contribution < 1.29 is 19.1 Å². The van der Waals surface area contributed by atoms with Crippen LogP contribution in [0.2, 0.25) is 0 Å². The molecule has 0 unspecified atom stereocenters. The molecule has 1 saturated carbocycles. The van der Waals surface area contributed by atoms with Gasteiger partial charge in [-0.15, -0.1) is 11.3 Å². The Labute approximate surface area is 186 Å². The second-order valence-electron chi connectivity index (χ2n) is 9.91. The summed E-state index contributed by atoms with van der Waals surface area (Å²) in [6, 6.07) is 0.198. The van der Waals surface area contributed by atoms with Gasteiger partial charge in [0.2, 0.25) is 11.8 Å². The summed E-state index contributed by atoms with van der Waals surface area (Å²) in [6.45, 7) is 0. The second kappa shape index (κ2) is 7.69. The maximum atomic E-state index is 13.6. The minimum atomic E-state index is -0.359. The monoisotopic (exact) mass is 442 g/mol. The van der Waals surface area contributed by atoms with Crippen LogP contribution in [-0.2, 0) is 27.2 Å². The Bertz CT molecular complexity index is 906. The molecule has 166 valence electrons. The lowest BCUT2D eigenvalue weighted by atomic mass is 9.81. The average Bonchev–Trinajstić information content (AvgIpc) is 3.48. The summed E-state index contributed by atoms with van der Waals surface area (Å²) in [4.78, 5) is 43.0. The Morgan fingerprint density at radius 2 is 1.52 bits per heavy atom. The Morgan fingerprint density at radius 3 is 2.23 bits per heavy atom. The lowest BCUT2D eigenvalue weighted by Gasteiger charge is -2.24. The van der Waals surface area contributed by atoms with E-state index in [4.69, 9.17) is 4.74 Å². The van der Waals surface area contributed by atoms with E-state index in [1.165, 1.54) is 27.5 Å². The van der Waals surface area contributed by atoms with Crippen LogP contribution < -0.4 is 10.2 Å². The van der Waals surface area contributed by atoms with Crippen molar-refractivity contribution in [2.75, 3.05) is 4.90 Å². The third-order valence-corrected chi connectivity index (χ3v) is 9.33. The summed E-state index contributed by atoms with van der Waals surface area (Å²) in [5.74, 6) is -1.10. The summed E-state index contributed by atoms with van der Waals surface area (Å²) < 4.78 is 5.90. The maximum absolute atomic E-state index is 13.6. The molecule has 4 heterocycles. The number of hydrogen-bond acceptors (Lipinski definition) is 5. The summed E-state index contributed by atoms with van der Waals surface area (Å²) in [5, 5.41) is 3.85. The molecule has 4 fully saturated rings. The minimum absolute atomic E-state index is 0.0850. The van der Waals surface area contributed by atoms with Crippen LogP contribution in [-0.4, -0.2) is 36.0 Å². The van der Waals surface area contributed by atoms with Crippen molar-refractivity contribution >= 4 is 34.1 Å². The third kappa shape index (κ3) is 3.10. The lowest BCUT2D eigenvalue weighted by molar-refractivity contribution is -0.124. The Balaban J connectivity index is 1.38. The SMILES string of the molecule is O=C(NC1CCCCC1)c1c(N2C(=O)[C@@H]3[C@H](C2=O)[C@@H]2CC[C@H]3O2)sc2c1CCCCC2. The van der Waals surface area contributed by atoms with E-state index in [9.17, 15) is 14.4 Å². The van der Waals surface area contributed by atoms with E-state index in [-0.39, 0.29) is 47.8 Å². The first kappa shape index (κ1) is 19.9. The minimum Gasteiger partial charge on any atom is -0.373 e. The molecular formula is C24H30N2O4S. The lowest BCUT2D eigenvalue weighted by Crippen LogP contribution is -2.39. The summed E-state index contributed by atoms with van der Waals surface area (Å²) in [6.07, 6.45) is 12.1. The Morgan fingerprint density at radius 1 is 0.871 bits per heavy atom. The van der Waals surface area contributed by atoms with E-state index in [2.05, 4.69) is 5.32 Å². The van der Waals surface area contributed by atoms with Crippen LogP contribution >= 0.6 is 11.3 Å². The number of ether oxygens (including phenoxy) is 1. The van der Waals surface area contributed by atoms with Gasteiger partial charge in [0.1, 0.15) is 5.00 Å². The molecule has 6 nitrogen and oxygen atoms in total. The number of amides is 3. The molecule has 0 radical (unpaired) electrons. The number of fused-ring (bicyclic) bond motifs is 6. The van der Waals surface area contributed by atoms with Crippen LogP contribution in [0.3, 0.4) is 0 Å². The number of imide groups is 1. The molecule has 1 N–H and O–H groups in total. The zero-order valence-electron chi connectivity index (χ0n) is 17.9. The molecule has 2 bridgehead atoms. The number of nitrogens with zero attached hydrogens (tertiary/aromatic N) is 1. The van der Waals surface area contributed by atoms with Gasteiger partial charge in [-0.1, -0.05) is 25.7 Å². The second-order valence-corrected chi connectivity index (χ2v) is 11.0. The molecule has 1 aromatic rings. The van der Waals surface area contributed by atoms with E-state index in [0.717, 1.165) is 76.2 Å². The average molecular weight is 443 g/mol. The fraction of sp³-hybridized carbons (Fsp3) is 0.708. The summed E-state index contributed by atoms with van der Waals surface area (Å²) in [7, 11) is 0. The molecule has 1 aromatic heterocycles. The van der Waals surface area contributed by atoms with Gasteiger partial charge in [-0.2, -0.15) is 0 Å². The summed E-state index contributed by atoms with van der Waals surface area (Å²) in [5.41, 5.74) is 1.70. The molecule has 4 atom stereocenters. The van der Waals surface area contributed by atoms with E-state index >= 15 is 0 Å². The number of aryl methyl sites for hydroxylation is 1. The Hall–Kier alpha value is -1.73. The molecule has 5 aliphatic rings. The fourth-order valence-electron chi connectivity index (χ4n) is 6.54. The highest BCUT2D eigenvalue weighted by molar-refractivity contribution is 7.17. The molecule has 7 heteroatoms. The smallest absolute Gasteiger partial charge is 0.254 e. The highest BCUT2D eigenvalue weighted by atomic mass is 32.1. The molecule has 0 aromatic carbocycles. The third-order valence-electron chi connectivity index (χ3n) is 8.06. The zero-order chi connectivity index (χ0) is 21.1. The molecule has 3 saturated heterocycles. The van der Waals surface area contributed by atoms with Crippen molar-refractivity contribution in [3.8, 4) is 0 Å². The van der Waals surface area contributed by atoms with Crippen LogP contribution in [0.5, 0.6) is 0 Å². The number of thiophene rings is 1. The van der Waals surface area contributed by atoms with E-state index in [1.807, 2.05) is 0 Å². The van der Waals surface area contributed by atoms with Gasteiger partial charge in [0, 0.05) is 10.9 Å². The fourth-order valence-corrected chi connectivity index (χ4v) is 7.93. The van der Waals surface area contributed by atoms with Gasteiger partial charge in [-0.3, -0.25) is 14.4 Å². The van der Waals surface area contributed by atoms with Gasteiger partial charge in [0.05, 0.1) is 29.6 Å². The molecule has 3 amide bonds. The van der Waals surface area contributed by atoms with Gasteiger partial charge >= 0.3 is 0 Å². The van der Waals surface area contributed by atoms with Crippen molar-refractivity contribution in [1.29, 1.82) is 0 Å². The summed E-state index contributed by atoms with van der Waals surface area (Å²) >= 11 is 1.51. The van der Waals surface area contributed by atoms with Crippen LogP contribution in [0.1, 0.15) is 85.0 Å². The zero-order valence-corrected chi connectivity index (χ0v) is 18.7. The maximum Gasteiger partial charge on any atom is 0.254 e. The predicted molar refractivity (Wildman–Crippen MR) is 117 cm³/mol. The molecule has 2 aliphatic carbocycles. The topological polar surface area (TPSA) is 75.7 Å². The highest BCUT2D eigenvalue weighted by Gasteiger charge is 2.63. The first-order valence-corrected chi connectivity index (χ1v) is 12.9. The van der Waals surface area contributed by atoms with Gasteiger partial charge in [0.25, 0.3) is 5.91 Å². The standard InChI is InChI=1S/C24H30N2O4S/c27-21(25-13-7-3-1-4-8-13)18-14-9-5-2-6-10-17(14)31-24(18)26-22(28)19-15-11-12-16(30-15)20(19)23(26)29/h13,15-16,19-20H,1-12H2,(H,25,27)/t15-,16+,19+,20-. The van der Waals surface area contributed by atoms with E-state index < -0.39 is 0 Å². The first-order valence-electron chi connectivity index (χ1n) is 12.1. The van der Waals surface area contributed by atoms with Gasteiger partial charge in [-0.05, 0) is 56.9 Å². The van der Waals surface area contributed by atoms with Crippen molar-refractivity contribution in [3.05, 3.63) is 16.0 Å². The normalized spacial score (nSPS) is 32.8. The van der Waals surface area contributed by atoms with Crippen molar-refractivity contribution in [3.63, 3.8) is 0 Å². The quantitative estimate of drug-likeness (QED) is 0.571. The van der Waals surface area contributed by atoms with Gasteiger partial charge < -0.3 is 10.1 Å². The molecule has 6 rings (SSSR count). The van der Waals surface area contributed by atoms with E-state index in [0.29, 0.717) is 10.6 Å². The van der Waals surface area contributed by atoms with Crippen LogP contribution in [0.15, 0.2) is 0 Å². The number of hydrogen-bond donors (Lipinski definition) is 1. The molecule has 31 heavy (non-hydrogen) atoms. The number of carbonyl (C=O) groups is 3. The number of anilines is 1. The van der Waals surface area contributed by atoms with Crippen LogP contribution in [0.4, 0.5) is 5.00 Å². The number of nitrogens with one attached hydrogen (secondary N) is 1. The highest BCUT2D eigenvalue weighted by Crippen LogP contribution is 2.51. The van der Waals surface area contributed by atoms with Gasteiger partial charge in [0.15, 0.2) is 0 Å².